The van der Waals surface area contributed by atoms with Crippen molar-refractivity contribution in [3.05, 3.63) is 29.8 Å². The monoisotopic (exact) mass is 276 g/mol. The Balaban J connectivity index is 2.03. The lowest BCUT2D eigenvalue weighted by Gasteiger charge is -2.25. The molecule has 0 bridgehead atoms. The molecule has 20 heavy (non-hydrogen) atoms. The molecule has 1 aromatic carbocycles. The molecule has 0 spiro atoms. The summed E-state index contributed by atoms with van der Waals surface area (Å²) in [4.78, 5) is 2.58. The van der Waals surface area contributed by atoms with Crippen LogP contribution >= 0.6 is 0 Å². The fourth-order valence-electron chi connectivity index (χ4n) is 3.13. The number of likely N-dealkylation sites (N-methyl/N-ethyl adjacent to an activating group) is 1. The number of rotatable bonds is 6. The highest BCUT2D eigenvalue weighted by Gasteiger charge is 2.27. The number of benzene rings is 1. The minimum atomic E-state index is 0.331. The Morgan fingerprint density at radius 2 is 2.10 bits per heavy atom. The van der Waals surface area contributed by atoms with Gasteiger partial charge in [-0.05, 0) is 37.9 Å². The Morgan fingerprint density at radius 1 is 1.35 bits per heavy atom. The summed E-state index contributed by atoms with van der Waals surface area (Å²) in [6, 6.07) is 8.65. The van der Waals surface area contributed by atoms with Gasteiger partial charge in [-0.1, -0.05) is 32.0 Å². The average molecular weight is 276 g/mol. The molecular weight excluding hydrogens is 248 g/mol. The molecule has 0 radical (unpaired) electrons. The van der Waals surface area contributed by atoms with Gasteiger partial charge in [-0.2, -0.15) is 0 Å². The van der Waals surface area contributed by atoms with Crippen LogP contribution in [0.25, 0.3) is 0 Å². The molecule has 2 rings (SSSR count). The lowest BCUT2D eigenvalue weighted by Crippen LogP contribution is -2.33. The number of ether oxygens (including phenoxy) is 1. The van der Waals surface area contributed by atoms with Gasteiger partial charge in [-0.15, -0.1) is 0 Å². The third kappa shape index (κ3) is 3.53. The number of hydrogen-bond donors (Lipinski definition) is 1. The lowest BCUT2D eigenvalue weighted by atomic mass is 9.95. The molecule has 3 heteroatoms. The first kappa shape index (κ1) is 15.3. The molecule has 1 aliphatic heterocycles. The minimum Gasteiger partial charge on any atom is -0.496 e. The highest BCUT2D eigenvalue weighted by molar-refractivity contribution is 5.36. The van der Waals surface area contributed by atoms with Crippen LogP contribution in [0.4, 0.5) is 0 Å². The molecule has 2 unspecified atom stereocenters. The first-order valence-corrected chi connectivity index (χ1v) is 7.68. The van der Waals surface area contributed by atoms with E-state index in [1.807, 2.05) is 19.2 Å². The predicted molar refractivity (Wildman–Crippen MR) is 84.2 cm³/mol. The van der Waals surface area contributed by atoms with Gasteiger partial charge in [0.25, 0.3) is 0 Å². The maximum absolute atomic E-state index is 5.49. The van der Waals surface area contributed by atoms with E-state index < -0.39 is 0 Å². The van der Waals surface area contributed by atoms with Crippen LogP contribution in [0.15, 0.2) is 24.3 Å². The second-order valence-corrected chi connectivity index (χ2v) is 6.14. The normalized spacial score (nSPS) is 21.4. The van der Waals surface area contributed by atoms with Crippen molar-refractivity contribution in [1.82, 2.24) is 10.2 Å². The van der Waals surface area contributed by atoms with Gasteiger partial charge >= 0.3 is 0 Å². The van der Waals surface area contributed by atoms with Crippen LogP contribution in [-0.4, -0.2) is 38.7 Å². The zero-order valence-corrected chi connectivity index (χ0v) is 13.2. The van der Waals surface area contributed by atoms with Gasteiger partial charge in [0.15, 0.2) is 0 Å². The predicted octanol–water partition coefficient (Wildman–Crippen LogP) is 2.93. The van der Waals surface area contributed by atoms with Crippen LogP contribution < -0.4 is 10.1 Å². The fourth-order valence-corrected chi connectivity index (χ4v) is 3.13. The van der Waals surface area contributed by atoms with Gasteiger partial charge in [0.2, 0.25) is 0 Å². The lowest BCUT2D eigenvalue weighted by molar-refractivity contribution is 0.272. The van der Waals surface area contributed by atoms with Crippen molar-refractivity contribution >= 4 is 0 Å². The SMILES string of the molecule is CNC(CN1CCC(C(C)C)C1)c1ccccc1OC. The second-order valence-electron chi connectivity index (χ2n) is 6.14. The first-order valence-electron chi connectivity index (χ1n) is 7.68. The summed E-state index contributed by atoms with van der Waals surface area (Å²) in [6.07, 6.45) is 1.33. The van der Waals surface area contributed by atoms with E-state index in [-0.39, 0.29) is 0 Å². The molecule has 1 aromatic rings. The molecular formula is C17H28N2O. The third-order valence-electron chi connectivity index (χ3n) is 4.56. The molecule has 0 saturated carbocycles. The van der Waals surface area contributed by atoms with Gasteiger partial charge in [0.05, 0.1) is 7.11 Å². The van der Waals surface area contributed by atoms with Gasteiger partial charge in [0.1, 0.15) is 5.75 Å². The van der Waals surface area contributed by atoms with Crippen molar-refractivity contribution in [2.24, 2.45) is 11.8 Å². The summed E-state index contributed by atoms with van der Waals surface area (Å²) >= 11 is 0. The van der Waals surface area contributed by atoms with Gasteiger partial charge in [-0.3, -0.25) is 0 Å². The number of para-hydroxylation sites is 1. The van der Waals surface area contributed by atoms with Crippen molar-refractivity contribution in [2.45, 2.75) is 26.3 Å². The first-order chi connectivity index (χ1) is 9.65. The summed E-state index contributed by atoms with van der Waals surface area (Å²) < 4.78 is 5.49. The van der Waals surface area contributed by atoms with E-state index in [0.29, 0.717) is 6.04 Å². The van der Waals surface area contributed by atoms with E-state index in [9.17, 15) is 0 Å². The van der Waals surface area contributed by atoms with E-state index in [0.717, 1.165) is 24.1 Å². The van der Waals surface area contributed by atoms with Crippen LogP contribution in [0.1, 0.15) is 31.9 Å². The number of likely N-dealkylation sites (tertiary alicyclic amines) is 1. The van der Waals surface area contributed by atoms with Crippen molar-refractivity contribution < 1.29 is 4.74 Å². The number of nitrogens with zero attached hydrogens (tertiary/aromatic N) is 1. The molecule has 1 saturated heterocycles. The van der Waals surface area contributed by atoms with Gasteiger partial charge in [0, 0.05) is 24.7 Å². The second kappa shape index (κ2) is 7.09. The molecule has 1 heterocycles. The molecule has 112 valence electrons. The smallest absolute Gasteiger partial charge is 0.123 e. The minimum absolute atomic E-state index is 0.331. The van der Waals surface area contributed by atoms with E-state index in [2.05, 4.69) is 36.2 Å². The van der Waals surface area contributed by atoms with Crippen molar-refractivity contribution in [2.75, 3.05) is 33.8 Å². The molecule has 1 fully saturated rings. The molecule has 0 amide bonds. The molecule has 0 aliphatic carbocycles. The standard InChI is InChI=1S/C17H28N2O/c1-13(2)14-9-10-19(11-14)12-16(18-3)15-7-5-6-8-17(15)20-4/h5-8,13-14,16,18H,9-12H2,1-4H3. The number of nitrogens with one attached hydrogen (secondary N) is 1. The number of methoxy groups -OCH3 is 1. The van der Waals surface area contributed by atoms with Crippen LogP contribution in [0, 0.1) is 11.8 Å². The van der Waals surface area contributed by atoms with Crippen LogP contribution in [0.5, 0.6) is 5.75 Å². The maximum atomic E-state index is 5.49. The topological polar surface area (TPSA) is 24.5 Å². The molecule has 0 aromatic heterocycles. The Morgan fingerprint density at radius 3 is 2.70 bits per heavy atom. The van der Waals surface area contributed by atoms with Crippen molar-refractivity contribution in [3.8, 4) is 5.75 Å². The zero-order valence-electron chi connectivity index (χ0n) is 13.2. The van der Waals surface area contributed by atoms with Crippen LogP contribution in [-0.2, 0) is 0 Å². The summed E-state index contributed by atoms with van der Waals surface area (Å²) in [7, 11) is 3.78. The third-order valence-corrected chi connectivity index (χ3v) is 4.56. The molecule has 2 atom stereocenters. The molecule has 1 N–H and O–H groups in total. The van der Waals surface area contributed by atoms with Crippen LogP contribution in [0.3, 0.4) is 0 Å². The largest absolute Gasteiger partial charge is 0.496 e. The van der Waals surface area contributed by atoms with Gasteiger partial charge in [-0.25, -0.2) is 0 Å². The summed E-state index contributed by atoms with van der Waals surface area (Å²) in [5.74, 6) is 2.62. The highest BCUT2D eigenvalue weighted by Crippen LogP contribution is 2.28. The summed E-state index contributed by atoms with van der Waals surface area (Å²) in [5.41, 5.74) is 1.26. The fraction of sp³-hybridized carbons (Fsp3) is 0.647. The van der Waals surface area contributed by atoms with Gasteiger partial charge < -0.3 is 15.0 Å². The Bertz CT molecular complexity index is 419. The van der Waals surface area contributed by atoms with Crippen LogP contribution in [0.2, 0.25) is 0 Å². The molecule has 3 nitrogen and oxygen atoms in total. The summed E-state index contributed by atoms with van der Waals surface area (Å²) in [5, 5.41) is 3.44. The summed E-state index contributed by atoms with van der Waals surface area (Å²) in [6.45, 7) is 8.18. The number of hydrogen-bond acceptors (Lipinski definition) is 3. The van der Waals surface area contributed by atoms with E-state index >= 15 is 0 Å². The molecule has 1 aliphatic rings. The average Bonchev–Trinajstić information content (AvgIpc) is 2.93. The van der Waals surface area contributed by atoms with Crippen molar-refractivity contribution in [3.63, 3.8) is 0 Å². The van der Waals surface area contributed by atoms with E-state index in [1.165, 1.54) is 25.1 Å². The Labute approximate surface area is 123 Å². The quantitative estimate of drug-likeness (QED) is 0.864. The highest BCUT2D eigenvalue weighted by atomic mass is 16.5. The van der Waals surface area contributed by atoms with E-state index in [1.54, 1.807) is 7.11 Å². The van der Waals surface area contributed by atoms with Crippen molar-refractivity contribution in [1.29, 1.82) is 0 Å². The maximum Gasteiger partial charge on any atom is 0.123 e. The zero-order chi connectivity index (χ0) is 14.5. The Kier molecular flexibility index (Phi) is 5.44. The van der Waals surface area contributed by atoms with E-state index in [4.69, 9.17) is 4.74 Å². The Hall–Kier alpha value is -1.06.